The van der Waals surface area contributed by atoms with Gasteiger partial charge in [0.05, 0.1) is 12.3 Å². The Kier molecular flexibility index (Phi) is 5.92. The molecule has 0 spiro atoms. The van der Waals surface area contributed by atoms with Crippen LogP contribution in [0.15, 0.2) is 42.5 Å². The van der Waals surface area contributed by atoms with Gasteiger partial charge < -0.3 is 15.8 Å². The number of halogens is 2. The molecule has 6 heteroatoms. The Balaban J connectivity index is 1.75. The number of rotatable bonds is 6. The van der Waals surface area contributed by atoms with Crippen molar-refractivity contribution in [3.8, 4) is 5.75 Å². The van der Waals surface area contributed by atoms with E-state index < -0.39 is 0 Å². The Morgan fingerprint density at radius 3 is 2.50 bits per heavy atom. The van der Waals surface area contributed by atoms with E-state index in [9.17, 15) is 4.79 Å². The van der Waals surface area contributed by atoms with Crippen LogP contribution in [-0.2, 0) is 4.79 Å². The third-order valence-corrected chi connectivity index (χ3v) is 3.31. The van der Waals surface area contributed by atoms with Crippen molar-refractivity contribution in [1.29, 1.82) is 0 Å². The van der Waals surface area contributed by atoms with Gasteiger partial charge in [-0.25, -0.2) is 0 Å². The lowest BCUT2D eigenvalue weighted by molar-refractivity contribution is -0.116. The Morgan fingerprint density at radius 1 is 1.14 bits per heavy atom. The second-order valence-corrected chi connectivity index (χ2v) is 5.57. The molecule has 0 saturated carbocycles. The van der Waals surface area contributed by atoms with Crippen LogP contribution in [0.1, 0.15) is 12.8 Å². The molecule has 0 atom stereocenters. The predicted octanol–water partition coefficient (Wildman–Crippen LogP) is 4.37. The van der Waals surface area contributed by atoms with Crippen molar-refractivity contribution in [1.82, 2.24) is 0 Å². The van der Waals surface area contributed by atoms with Gasteiger partial charge >= 0.3 is 0 Å². The highest BCUT2D eigenvalue weighted by atomic mass is 35.5. The first kappa shape index (κ1) is 16.5. The number of nitrogens with one attached hydrogen (secondary N) is 1. The van der Waals surface area contributed by atoms with Crippen LogP contribution in [0.3, 0.4) is 0 Å². The van der Waals surface area contributed by atoms with Gasteiger partial charge in [-0.1, -0.05) is 35.3 Å². The van der Waals surface area contributed by atoms with Crippen LogP contribution in [0, 0.1) is 0 Å². The number of anilines is 2. The molecule has 2 aromatic carbocycles. The maximum atomic E-state index is 11.8. The minimum atomic E-state index is -0.122. The van der Waals surface area contributed by atoms with Gasteiger partial charge in [0.25, 0.3) is 0 Å². The zero-order chi connectivity index (χ0) is 15.9. The summed E-state index contributed by atoms with van der Waals surface area (Å²) in [5.41, 5.74) is 6.93. The second-order valence-electron chi connectivity index (χ2n) is 4.70. The van der Waals surface area contributed by atoms with Crippen LogP contribution >= 0.6 is 23.2 Å². The number of para-hydroxylation sites is 2. The lowest BCUT2D eigenvalue weighted by Crippen LogP contribution is -2.13. The molecule has 0 saturated heterocycles. The highest BCUT2D eigenvalue weighted by Gasteiger charge is 2.05. The first-order chi connectivity index (χ1) is 10.5. The normalized spacial score (nSPS) is 10.3. The van der Waals surface area contributed by atoms with Gasteiger partial charge in [0.15, 0.2) is 0 Å². The number of nitrogens with two attached hydrogens (primary N) is 1. The highest BCUT2D eigenvalue weighted by molar-refractivity contribution is 6.35. The Bertz CT molecular complexity index is 642. The first-order valence-electron chi connectivity index (χ1n) is 6.78. The Hall–Kier alpha value is -1.91. The summed E-state index contributed by atoms with van der Waals surface area (Å²) in [6.45, 7) is 0.415. The summed E-state index contributed by atoms with van der Waals surface area (Å²) in [5, 5.41) is 3.70. The number of hydrogen-bond acceptors (Lipinski definition) is 3. The van der Waals surface area contributed by atoms with Gasteiger partial charge in [0, 0.05) is 22.2 Å². The Morgan fingerprint density at radius 2 is 1.82 bits per heavy atom. The fraction of sp³-hybridized carbons (Fsp3) is 0.188. The second kappa shape index (κ2) is 7.92. The van der Waals surface area contributed by atoms with Gasteiger partial charge in [0.2, 0.25) is 5.91 Å². The van der Waals surface area contributed by atoms with Gasteiger partial charge in [-0.2, -0.15) is 0 Å². The third kappa shape index (κ3) is 5.13. The average molecular weight is 339 g/mol. The molecule has 0 aliphatic carbocycles. The largest absolute Gasteiger partial charge is 0.491 e. The monoisotopic (exact) mass is 338 g/mol. The molecule has 0 aliphatic heterocycles. The quantitative estimate of drug-likeness (QED) is 0.607. The SMILES string of the molecule is Nc1ccccc1OCCCC(=O)Nc1cc(Cl)cc(Cl)c1. The number of hydrogen-bond donors (Lipinski definition) is 2. The number of benzene rings is 2. The van der Waals surface area contributed by atoms with Crippen molar-refractivity contribution in [2.24, 2.45) is 0 Å². The summed E-state index contributed by atoms with van der Waals surface area (Å²) in [5.74, 6) is 0.507. The third-order valence-electron chi connectivity index (χ3n) is 2.87. The molecule has 0 bridgehead atoms. The van der Waals surface area contributed by atoms with Gasteiger partial charge in [-0.3, -0.25) is 4.79 Å². The van der Waals surface area contributed by atoms with E-state index in [4.69, 9.17) is 33.7 Å². The van der Waals surface area contributed by atoms with E-state index >= 15 is 0 Å². The van der Waals surface area contributed by atoms with E-state index in [1.807, 2.05) is 12.1 Å². The van der Waals surface area contributed by atoms with E-state index in [0.29, 0.717) is 46.6 Å². The summed E-state index contributed by atoms with van der Waals surface area (Å²) in [4.78, 5) is 11.8. The van der Waals surface area contributed by atoms with Gasteiger partial charge in [-0.15, -0.1) is 0 Å². The van der Waals surface area contributed by atoms with E-state index in [2.05, 4.69) is 5.32 Å². The molecule has 2 rings (SSSR count). The summed E-state index contributed by atoms with van der Waals surface area (Å²) in [6.07, 6.45) is 0.908. The van der Waals surface area contributed by atoms with Crippen LogP contribution in [0.4, 0.5) is 11.4 Å². The standard InChI is InChI=1S/C16H16Cl2N2O2/c17-11-8-12(18)10-13(9-11)20-16(21)6-3-7-22-15-5-2-1-4-14(15)19/h1-2,4-5,8-10H,3,6-7,19H2,(H,20,21). The van der Waals surface area contributed by atoms with E-state index in [1.54, 1.807) is 30.3 Å². The summed E-state index contributed by atoms with van der Waals surface area (Å²) in [6, 6.07) is 12.2. The van der Waals surface area contributed by atoms with Crippen molar-refractivity contribution in [3.63, 3.8) is 0 Å². The number of nitrogen functional groups attached to an aromatic ring is 1. The van der Waals surface area contributed by atoms with Crippen LogP contribution in [0.5, 0.6) is 5.75 Å². The molecule has 2 aromatic rings. The topological polar surface area (TPSA) is 64.3 Å². The van der Waals surface area contributed by atoms with E-state index in [0.717, 1.165) is 0 Å². The summed E-state index contributed by atoms with van der Waals surface area (Å²) < 4.78 is 5.53. The molecule has 4 nitrogen and oxygen atoms in total. The van der Waals surface area contributed by atoms with Crippen LogP contribution in [0.25, 0.3) is 0 Å². The van der Waals surface area contributed by atoms with E-state index in [1.165, 1.54) is 0 Å². The smallest absolute Gasteiger partial charge is 0.224 e. The maximum Gasteiger partial charge on any atom is 0.224 e. The van der Waals surface area contributed by atoms with Crippen LogP contribution < -0.4 is 15.8 Å². The van der Waals surface area contributed by atoms with Crippen molar-refractivity contribution in [2.45, 2.75) is 12.8 Å². The summed E-state index contributed by atoms with van der Waals surface area (Å²) in [7, 11) is 0. The lowest BCUT2D eigenvalue weighted by Gasteiger charge is -2.09. The molecule has 0 aromatic heterocycles. The van der Waals surface area contributed by atoms with E-state index in [-0.39, 0.29) is 5.91 Å². The molecule has 3 N–H and O–H groups in total. The average Bonchev–Trinajstić information content (AvgIpc) is 2.44. The van der Waals surface area contributed by atoms with Crippen molar-refractivity contribution >= 4 is 40.5 Å². The molecule has 1 amide bonds. The number of ether oxygens (including phenoxy) is 1. The van der Waals surface area contributed by atoms with Crippen LogP contribution in [0.2, 0.25) is 10.0 Å². The number of amides is 1. The number of carbonyl (C=O) groups excluding carboxylic acids is 1. The summed E-state index contributed by atoms with van der Waals surface area (Å²) >= 11 is 11.8. The molecule has 0 heterocycles. The molecule has 0 fully saturated rings. The van der Waals surface area contributed by atoms with Crippen molar-refractivity contribution in [3.05, 3.63) is 52.5 Å². The van der Waals surface area contributed by atoms with Crippen molar-refractivity contribution in [2.75, 3.05) is 17.7 Å². The molecular formula is C16H16Cl2N2O2. The fourth-order valence-electron chi connectivity index (χ4n) is 1.88. The molecule has 0 radical (unpaired) electrons. The predicted molar refractivity (Wildman–Crippen MR) is 90.7 cm³/mol. The molecule has 116 valence electrons. The van der Waals surface area contributed by atoms with Crippen LogP contribution in [-0.4, -0.2) is 12.5 Å². The minimum Gasteiger partial charge on any atom is -0.491 e. The van der Waals surface area contributed by atoms with Crippen molar-refractivity contribution < 1.29 is 9.53 Å². The fourth-order valence-corrected chi connectivity index (χ4v) is 2.40. The number of carbonyl (C=O) groups is 1. The Labute approximate surface area is 139 Å². The molecule has 0 unspecified atom stereocenters. The molecule has 22 heavy (non-hydrogen) atoms. The highest BCUT2D eigenvalue weighted by Crippen LogP contribution is 2.23. The molecule has 0 aliphatic rings. The van der Waals surface area contributed by atoms with Gasteiger partial charge in [-0.05, 0) is 36.8 Å². The zero-order valence-electron chi connectivity index (χ0n) is 11.8. The lowest BCUT2D eigenvalue weighted by atomic mass is 10.2. The zero-order valence-corrected chi connectivity index (χ0v) is 13.3. The van der Waals surface area contributed by atoms with Gasteiger partial charge in [0.1, 0.15) is 5.75 Å². The maximum absolute atomic E-state index is 11.8. The minimum absolute atomic E-state index is 0.122. The molecular weight excluding hydrogens is 323 g/mol. The first-order valence-corrected chi connectivity index (χ1v) is 7.53.